The van der Waals surface area contributed by atoms with E-state index < -0.39 is 71.5 Å². The molecule has 194 valence electrons. The summed E-state index contributed by atoms with van der Waals surface area (Å²) in [6.45, 7) is 11.1. The van der Waals surface area contributed by atoms with Crippen LogP contribution in [0.15, 0.2) is 52.1 Å². The van der Waals surface area contributed by atoms with Crippen molar-refractivity contribution in [1.82, 2.24) is 4.31 Å². The molecule has 36 heavy (non-hydrogen) atoms. The smallest absolute Gasteiger partial charge is 0.424 e. The van der Waals surface area contributed by atoms with E-state index in [1.54, 1.807) is 19.1 Å². The number of nitrogens with zero attached hydrogens (tertiary/aromatic N) is 1. The molecule has 2 aliphatic carbocycles. The largest absolute Gasteiger partial charge is 0.546 e. The van der Waals surface area contributed by atoms with Crippen LogP contribution in [0.4, 0.5) is 4.79 Å². The molecule has 1 fully saturated rings. The summed E-state index contributed by atoms with van der Waals surface area (Å²) in [5.41, 5.74) is -2.02. The molecule has 4 rings (SSSR count). The van der Waals surface area contributed by atoms with Crippen LogP contribution in [0.1, 0.15) is 26.3 Å². The number of carbonyl (C=O) groups excluding carboxylic acids is 1. The average molecular weight is 536 g/mol. The van der Waals surface area contributed by atoms with Gasteiger partial charge in [-0.15, -0.1) is 0 Å². The van der Waals surface area contributed by atoms with Crippen molar-refractivity contribution in [2.75, 3.05) is 6.61 Å². The minimum absolute atomic E-state index is 0.163. The number of carboxylic acids is 2. The third kappa shape index (κ3) is 3.49. The zero-order valence-corrected chi connectivity index (χ0v) is 22.7. The van der Waals surface area contributed by atoms with Crippen molar-refractivity contribution in [2.24, 2.45) is 11.8 Å². The highest BCUT2D eigenvalue weighted by Gasteiger charge is 2.73. The van der Waals surface area contributed by atoms with Crippen LogP contribution < -0.4 is 0 Å². The summed E-state index contributed by atoms with van der Waals surface area (Å²) in [7, 11) is -7.12. The van der Waals surface area contributed by atoms with Crippen LogP contribution in [0.5, 0.6) is 0 Å². The third-order valence-electron chi connectivity index (χ3n) is 7.71. The number of hydrogen-bond acceptors (Lipinski definition) is 7. The number of aliphatic carboxylic acids is 2. The Morgan fingerprint density at radius 2 is 1.67 bits per heavy atom. The highest BCUT2D eigenvalue weighted by Crippen LogP contribution is 2.61. The van der Waals surface area contributed by atoms with Crippen molar-refractivity contribution in [1.29, 1.82) is 0 Å². The quantitative estimate of drug-likeness (QED) is 0.522. The predicted octanol–water partition coefficient (Wildman–Crippen LogP) is 3.51. The number of cyclic esters (lactones) is 1. The molecule has 1 heterocycles. The lowest BCUT2D eigenvalue weighted by molar-refractivity contribution is -0.136. The summed E-state index contributed by atoms with van der Waals surface area (Å²) in [5, 5.41) is 19.8. The average Bonchev–Trinajstić information content (AvgIpc) is 3.33. The molecule has 1 saturated heterocycles. The first-order chi connectivity index (χ1) is 16.5. The number of aryl methyl sites for hydroxylation is 1. The molecule has 10 nitrogen and oxygen atoms in total. The van der Waals surface area contributed by atoms with Crippen molar-refractivity contribution >= 4 is 36.4 Å². The Kier molecular flexibility index (Phi) is 5.72. The summed E-state index contributed by atoms with van der Waals surface area (Å²) >= 11 is 0. The molecule has 1 aromatic carbocycles. The lowest BCUT2D eigenvalue weighted by Crippen LogP contribution is -2.56. The fourth-order valence-electron chi connectivity index (χ4n) is 4.93. The minimum atomic E-state index is -4.55. The van der Waals surface area contributed by atoms with E-state index in [9.17, 15) is 33.0 Å². The summed E-state index contributed by atoms with van der Waals surface area (Å²) in [6, 6.07) is 5.81. The molecular weight excluding hydrogens is 506 g/mol. The number of rotatable bonds is 6. The Labute approximate surface area is 210 Å². The monoisotopic (exact) mass is 535 g/mol. The Bertz CT molecular complexity index is 1340. The van der Waals surface area contributed by atoms with Gasteiger partial charge in [0.15, 0.2) is 0 Å². The zero-order chi connectivity index (χ0) is 27.0. The van der Waals surface area contributed by atoms with Crippen molar-refractivity contribution in [3.05, 3.63) is 52.8 Å². The Balaban J connectivity index is 1.92. The van der Waals surface area contributed by atoms with E-state index in [1.807, 2.05) is 33.9 Å². The van der Waals surface area contributed by atoms with E-state index >= 15 is 0 Å². The van der Waals surface area contributed by atoms with Crippen LogP contribution in [0, 0.1) is 18.8 Å². The Morgan fingerprint density at radius 1 is 1.11 bits per heavy atom. The standard InChI is InChI=1S/C24H29NO9SSi/c1-13-7-9-14(10-8-13)35(31,32)25-22(30)33-12-24(25)15-11-16(34-36(5,6)23(2,3)4)19(24)18(21(28)29)17(15)20(26)27/h7-11,15,19H,12H2,1-6H3,(H,26,27)(H,28,29)/t15-,19+,24-/m0/s1. The molecule has 2 bridgehead atoms. The first kappa shape index (κ1) is 26.0. The maximum atomic E-state index is 13.8. The second kappa shape index (κ2) is 7.94. The second-order valence-corrected chi connectivity index (χ2v) is 17.4. The van der Waals surface area contributed by atoms with E-state index in [2.05, 4.69) is 0 Å². The van der Waals surface area contributed by atoms with Crippen LogP contribution in [-0.4, -0.2) is 61.4 Å². The minimum Gasteiger partial charge on any atom is -0.546 e. The molecule has 3 aliphatic rings. The van der Waals surface area contributed by atoms with Gasteiger partial charge in [0.2, 0.25) is 8.32 Å². The molecule has 2 N–H and O–H groups in total. The number of hydrogen-bond donors (Lipinski definition) is 2. The molecular formula is C24H29NO9SSi. The SMILES string of the molecule is Cc1ccc(S(=O)(=O)N2C(=O)OC[C@]23[C@@H]2C(O[Si](C)(C)C(C)(C)C)=C[C@H]3C(C(=O)O)=C2C(=O)O)cc1. The molecule has 12 heteroatoms. The number of carboxylic acid groups (broad SMARTS) is 2. The second-order valence-electron chi connectivity index (χ2n) is 10.9. The molecule has 0 radical (unpaired) electrons. The van der Waals surface area contributed by atoms with Gasteiger partial charge in [-0.05, 0) is 43.3 Å². The summed E-state index contributed by atoms with van der Waals surface area (Å²) in [4.78, 5) is 37.5. The van der Waals surface area contributed by atoms with Gasteiger partial charge in [-0.1, -0.05) is 38.5 Å². The first-order valence-corrected chi connectivity index (χ1v) is 15.7. The van der Waals surface area contributed by atoms with Crippen LogP contribution >= 0.6 is 0 Å². The molecule has 1 spiro atoms. The van der Waals surface area contributed by atoms with Crippen molar-refractivity contribution < 1.29 is 42.2 Å². The van der Waals surface area contributed by atoms with Crippen LogP contribution in [-0.2, 0) is 28.8 Å². The van der Waals surface area contributed by atoms with Gasteiger partial charge in [-0.25, -0.2) is 22.8 Å². The van der Waals surface area contributed by atoms with Gasteiger partial charge in [0.05, 0.1) is 27.7 Å². The fourth-order valence-corrected chi connectivity index (χ4v) is 7.67. The number of sulfonamides is 1. The van der Waals surface area contributed by atoms with Crippen LogP contribution in [0.25, 0.3) is 0 Å². The number of benzene rings is 1. The summed E-state index contributed by atoms with van der Waals surface area (Å²) in [5.74, 6) is -5.47. The van der Waals surface area contributed by atoms with Gasteiger partial charge in [0, 0.05) is 5.92 Å². The Morgan fingerprint density at radius 3 is 2.17 bits per heavy atom. The summed E-state index contributed by atoms with van der Waals surface area (Å²) < 4.78 is 39.8. The van der Waals surface area contributed by atoms with E-state index in [4.69, 9.17) is 9.16 Å². The molecule has 1 aromatic rings. The normalized spacial score (nSPS) is 25.9. The molecule has 0 unspecified atom stereocenters. The van der Waals surface area contributed by atoms with Crippen LogP contribution in [0.3, 0.4) is 0 Å². The molecule has 0 saturated carbocycles. The Hall–Kier alpha value is -3.12. The van der Waals surface area contributed by atoms with E-state index in [0.29, 0.717) is 4.31 Å². The molecule has 1 aliphatic heterocycles. The van der Waals surface area contributed by atoms with Crippen molar-refractivity contribution in [3.63, 3.8) is 0 Å². The third-order valence-corrected chi connectivity index (χ3v) is 13.9. The maximum absolute atomic E-state index is 13.8. The molecule has 0 aromatic heterocycles. The van der Waals surface area contributed by atoms with E-state index in [1.165, 1.54) is 18.2 Å². The van der Waals surface area contributed by atoms with Gasteiger partial charge in [0.25, 0.3) is 10.0 Å². The lowest BCUT2D eigenvalue weighted by Gasteiger charge is -2.40. The molecule has 1 amide bonds. The highest BCUT2D eigenvalue weighted by atomic mass is 32.2. The highest BCUT2D eigenvalue weighted by molar-refractivity contribution is 7.89. The van der Waals surface area contributed by atoms with Gasteiger partial charge < -0.3 is 19.4 Å². The first-order valence-electron chi connectivity index (χ1n) is 11.4. The van der Waals surface area contributed by atoms with Gasteiger partial charge >= 0.3 is 18.0 Å². The van der Waals surface area contributed by atoms with E-state index in [0.717, 1.165) is 5.56 Å². The lowest BCUT2D eigenvalue weighted by atomic mass is 9.83. The van der Waals surface area contributed by atoms with Gasteiger partial charge in [0.1, 0.15) is 12.1 Å². The topological polar surface area (TPSA) is 148 Å². The van der Waals surface area contributed by atoms with Crippen molar-refractivity contribution in [3.8, 4) is 0 Å². The predicted molar refractivity (Wildman–Crippen MR) is 130 cm³/mol. The maximum Gasteiger partial charge on any atom is 0.424 e. The van der Waals surface area contributed by atoms with Crippen molar-refractivity contribution in [2.45, 2.75) is 56.3 Å². The summed E-state index contributed by atoms with van der Waals surface area (Å²) in [6.07, 6.45) is 0.268. The zero-order valence-electron chi connectivity index (χ0n) is 20.9. The number of carbonyl (C=O) groups is 3. The van der Waals surface area contributed by atoms with Crippen LogP contribution in [0.2, 0.25) is 18.1 Å². The number of ether oxygens (including phenoxy) is 1. The van der Waals surface area contributed by atoms with Gasteiger partial charge in [-0.2, -0.15) is 4.31 Å². The number of amides is 1. The molecule has 3 atom stereocenters. The fraction of sp³-hybridized carbons (Fsp3) is 0.458. The van der Waals surface area contributed by atoms with E-state index in [-0.39, 0.29) is 15.7 Å². The van der Waals surface area contributed by atoms with Gasteiger partial charge in [-0.3, -0.25) is 0 Å².